The Bertz CT molecular complexity index is 597. The third-order valence-electron chi connectivity index (χ3n) is 6.40. The molecule has 0 saturated heterocycles. The minimum atomic E-state index is -1.01. The van der Waals surface area contributed by atoms with E-state index in [1.165, 1.54) is 51.4 Å². The summed E-state index contributed by atoms with van der Waals surface area (Å²) in [5.41, 5.74) is 0. The van der Waals surface area contributed by atoms with Crippen LogP contribution >= 0.6 is 0 Å². The predicted octanol–water partition coefficient (Wildman–Crippen LogP) is 5.97. The SMILES string of the molecule is CCCC(=O)NCCCC[C@H](NC(=O)CCCCCCCCCCCCCCCCC(=O)O)C(=O)O. The minimum absolute atomic E-state index is 0.0234. The molecule has 210 valence electrons. The van der Waals surface area contributed by atoms with E-state index in [1.54, 1.807) is 0 Å². The zero-order chi connectivity index (χ0) is 26.9. The van der Waals surface area contributed by atoms with Crippen molar-refractivity contribution >= 4 is 23.8 Å². The van der Waals surface area contributed by atoms with Crippen molar-refractivity contribution in [3.05, 3.63) is 0 Å². The summed E-state index contributed by atoms with van der Waals surface area (Å²) in [4.78, 5) is 45.4. The highest BCUT2D eigenvalue weighted by Gasteiger charge is 2.19. The molecular formula is C28H52N2O6. The number of carbonyl (C=O) groups is 4. The van der Waals surface area contributed by atoms with Gasteiger partial charge in [0.15, 0.2) is 0 Å². The molecule has 0 radical (unpaired) electrons. The fourth-order valence-corrected chi connectivity index (χ4v) is 4.22. The van der Waals surface area contributed by atoms with Crippen molar-refractivity contribution in [2.24, 2.45) is 0 Å². The molecule has 0 unspecified atom stereocenters. The number of carboxylic acids is 2. The van der Waals surface area contributed by atoms with Crippen LogP contribution in [0.4, 0.5) is 0 Å². The van der Waals surface area contributed by atoms with Gasteiger partial charge in [-0.25, -0.2) is 4.79 Å². The van der Waals surface area contributed by atoms with Gasteiger partial charge in [-0.3, -0.25) is 14.4 Å². The minimum Gasteiger partial charge on any atom is -0.481 e. The number of hydrogen-bond acceptors (Lipinski definition) is 4. The normalized spacial score (nSPS) is 11.7. The molecule has 8 heteroatoms. The van der Waals surface area contributed by atoms with E-state index < -0.39 is 18.0 Å². The lowest BCUT2D eigenvalue weighted by Gasteiger charge is -2.14. The first-order chi connectivity index (χ1) is 17.4. The Labute approximate surface area is 218 Å². The second kappa shape index (κ2) is 24.6. The molecule has 0 bridgehead atoms. The van der Waals surface area contributed by atoms with Crippen LogP contribution in [0.25, 0.3) is 0 Å². The summed E-state index contributed by atoms with van der Waals surface area (Å²) in [7, 11) is 0. The van der Waals surface area contributed by atoms with Gasteiger partial charge in [-0.15, -0.1) is 0 Å². The number of carbonyl (C=O) groups excluding carboxylic acids is 2. The first-order valence-corrected chi connectivity index (χ1v) is 14.4. The van der Waals surface area contributed by atoms with Gasteiger partial charge in [0.25, 0.3) is 0 Å². The van der Waals surface area contributed by atoms with E-state index in [-0.39, 0.29) is 11.8 Å². The van der Waals surface area contributed by atoms with Gasteiger partial charge in [-0.05, 0) is 38.5 Å². The fourth-order valence-electron chi connectivity index (χ4n) is 4.22. The van der Waals surface area contributed by atoms with Gasteiger partial charge >= 0.3 is 11.9 Å². The lowest BCUT2D eigenvalue weighted by atomic mass is 10.0. The molecule has 0 heterocycles. The van der Waals surface area contributed by atoms with Crippen LogP contribution in [0.15, 0.2) is 0 Å². The van der Waals surface area contributed by atoms with Crippen molar-refractivity contribution in [1.29, 1.82) is 0 Å². The topological polar surface area (TPSA) is 133 Å². The molecule has 0 aliphatic rings. The van der Waals surface area contributed by atoms with Gasteiger partial charge < -0.3 is 20.8 Å². The van der Waals surface area contributed by atoms with Crippen LogP contribution in [0.5, 0.6) is 0 Å². The Morgan fingerprint density at radius 2 is 1.06 bits per heavy atom. The van der Waals surface area contributed by atoms with Crippen LogP contribution in [-0.2, 0) is 19.2 Å². The highest BCUT2D eigenvalue weighted by molar-refractivity contribution is 5.83. The van der Waals surface area contributed by atoms with Gasteiger partial charge in [0.1, 0.15) is 6.04 Å². The summed E-state index contributed by atoms with van der Waals surface area (Å²) in [5.74, 6) is -1.87. The average molecular weight is 513 g/mol. The Morgan fingerprint density at radius 3 is 1.50 bits per heavy atom. The zero-order valence-electron chi connectivity index (χ0n) is 22.7. The van der Waals surface area contributed by atoms with Crippen molar-refractivity contribution in [2.75, 3.05) is 6.54 Å². The number of amides is 2. The third kappa shape index (κ3) is 23.6. The second-order valence-electron chi connectivity index (χ2n) is 9.90. The Hall–Kier alpha value is -2.12. The molecule has 0 rings (SSSR count). The summed E-state index contributed by atoms with van der Waals surface area (Å²) in [6.45, 7) is 2.49. The summed E-state index contributed by atoms with van der Waals surface area (Å²) in [5, 5.41) is 23.4. The van der Waals surface area contributed by atoms with Gasteiger partial charge in [0.05, 0.1) is 0 Å². The lowest BCUT2D eigenvalue weighted by molar-refractivity contribution is -0.142. The van der Waals surface area contributed by atoms with Crippen molar-refractivity contribution in [1.82, 2.24) is 10.6 Å². The van der Waals surface area contributed by atoms with Gasteiger partial charge in [0, 0.05) is 25.8 Å². The smallest absolute Gasteiger partial charge is 0.326 e. The molecule has 0 aliphatic carbocycles. The largest absolute Gasteiger partial charge is 0.481 e. The molecule has 0 spiro atoms. The number of nitrogens with one attached hydrogen (secondary N) is 2. The standard InChI is InChI=1S/C28H52N2O6/c1-2-19-25(31)29-23-18-17-20-24(28(35)36)30-26(32)21-15-13-11-9-7-5-3-4-6-8-10-12-14-16-22-27(33)34/h24H,2-23H2,1H3,(H,29,31)(H,30,32)(H,33,34)(H,35,36)/t24-/m0/s1. The lowest BCUT2D eigenvalue weighted by Crippen LogP contribution is -2.40. The van der Waals surface area contributed by atoms with Crippen LogP contribution in [0, 0.1) is 0 Å². The van der Waals surface area contributed by atoms with E-state index in [4.69, 9.17) is 5.11 Å². The van der Waals surface area contributed by atoms with Crippen molar-refractivity contribution in [3.8, 4) is 0 Å². The summed E-state index contributed by atoms with van der Waals surface area (Å²) < 4.78 is 0. The molecule has 1 atom stereocenters. The molecule has 36 heavy (non-hydrogen) atoms. The van der Waals surface area contributed by atoms with Crippen molar-refractivity contribution in [3.63, 3.8) is 0 Å². The number of carboxylic acid groups (broad SMARTS) is 2. The average Bonchev–Trinajstić information content (AvgIpc) is 2.82. The number of hydrogen-bond donors (Lipinski definition) is 4. The van der Waals surface area contributed by atoms with E-state index in [0.29, 0.717) is 45.1 Å². The zero-order valence-corrected chi connectivity index (χ0v) is 22.7. The number of aliphatic carboxylic acids is 2. The molecule has 0 aromatic heterocycles. The quantitative estimate of drug-likeness (QED) is 0.106. The molecule has 0 aromatic carbocycles. The van der Waals surface area contributed by atoms with Crippen LogP contribution in [0.2, 0.25) is 0 Å². The van der Waals surface area contributed by atoms with Crippen LogP contribution in [-0.4, -0.2) is 46.6 Å². The molecule has 0 aromatic rings. The Balaban J connectivity index is 3.56. The summed E-state index contributed by atoms with van der Waals surface area (Å²) in [6.07, 6.45) is 19.4. The van der Waals surface area contributed by atoms with Gasteiger partial charge in [-0.2, -0.15) is 0 Å². The first-order valence-electron chi connectivity index (χ1n) is 14.4. The Kier molecular flexibility index (Phi) is 23.1. The van der Waals surface area contributed by atoms with Crippen LogP contribution in [0.3, 0.4) is 0 Å². The highest BCUT2D eigenvalue weighted by atomic mass is 16.4. The monoisotopic (exact) mass is 512 g/mol. The van der Waals surface area contributed by atoms with Gasteiger partial charge in [-0.1, -0.05) is 84.0 Å². The molecule has 0 aliphatic heterocycles. The Morgan fingerprint density at radius 1 is 0.583 bits per heavy atom. The van der Waals surface area contributed by atoms with E-state index in [9.17, 15) is 24.3 Å². The second-order valence-corrected chi connectivity index (χ2v) is 9.90. The predicted molar refractivity (Wildman–Crippen MR) is 143 cm³/mol. The molecule has 2 amide bonds. The summed E-state index contributed by atoms with van der Waals surface area (Å²) in [6, 6.07) is -0.860. The molecular weight excluding hydrogens is 460 g/mol. The maximum atomic E-state index is 12.1. The van der Waals surface area contributed by atoms with Crippen LogP contribution in [0.1, 0.15) is 142 Å². The molecule has 4 N–H and O–H groups in total. The molecule has 0 saturated carbocycles. The van der Waals surface area contributed by atoms with Crippen LogP contribution < -0.4 is 10.6 Å². The van der Waals surface area contributed by atoms with E-state index in [1.807, 2.05) is 6.92 Å². The van der Waals surface area contributed by atoms with Crippen molar-refractivity contribution in [2.45, 2.75) is 148 Å². The third-order valence-corrected chi connectivity index (χ3v) is 6.40. The maximum Gasteiger partial charge on any atom is 0.326 e. The van der Waals surface area contributed by atoms with Gasteiger partial charge in [0.2, 0.25) is 11.8 Å². The van der Waals surface area contributed by atoms with Crippen molar-refractivity contribution < 1.29 is 29.4 Å². The van der Waals surface area contributed by atoms with E-state index >= 15 is 0 Å². The molecule has 8 nitrogen and oxygen atoms in total. The summed E-state index contributed by atoms with van der Waals surface area (Å²) >= 11 is 0. The molecule has 0 fully saturated rings. The van der Waals surface area contributed by atoms with E-state index in [0.717, 1.165) is 44.9 Å². The van der Waals surface area contributed by atoms with E-state index in [2.05, 4.69) is 10.6 Å². The maximum absolute atomic E-state index is 12.1. The fraction of sp³-hybridized carbons (Fsp3) is 0.857. The first kappa shape index (κ1) is 33.9. The highest BCUT2D eigenvalue weighted by Crippen LogP contribution is 2.14. The number of unbranched alkanes of at least 4 members (excludes halogenated alkanes) is 14. The number of rotatable bonds is 26.